The second kappa shape index (κ2) is 7.85. The molecule has 1 saturated heterocycles. The number of nitrogens with zero attached hydrogens (tertiary/aromatic N) is 2. The number of anilines is 1. The molecule has 1 aliphatic heterocycles. The molecule has 0 aliphatic carbocycles. The molecular formula is C23H16ClFN2O4. The summed E-state index contributed by atoms with van der Waals surface area (Å²) >= 11 is 6.06. The van der Waals surface area contributed by atoms with Crippen molar-refractivity contribution in [2.75, 3.05) is 4.90 Å². The highest BCUT2D eigenvalue weighted by atomic mass is 35.5. The Labute approximate surface area is 181 Å². The highest BCUT2D eigenvalue weighted by molar-refractivity contribution is 6.52. The molecule has 1 unspecified atom stereocenters. The molecule has 0 radical (unpaired) electrons. The molecular weight excluding hydrogens is 423 g/mol. The number of benzene rings is 2. The van der Waals surface area contributed by atoms with Crippen LogP contribution in [0.3, 0.4) is 0 Å². The van der Waals surface area contributed by atoms with Gasteiger partial charge in [0, 0.05) is 23.0 Å². The topological polar surface area (TPSA) is 90.7 Å². The van der Waals surface area contributed by atoms with E-state index in [9.17, 15) is 24.2 Å². The lowest BCUT2D eigenvalue weighted by Crippen LogP contribution is -2.29. The van der Waals surface area contributed by atoms with Crippen molar-refractivity contribution in [1.82, 2.24) is 4.98 Å². The number of carbonyl (C=O) groups excluding carboxylic acids is 2. The predicted octanol–water partition coefficient (Wildman–Crippen LogP) is 4.51. The maximum absolute atomic E-state index is 13.7. The molecule has 6 nitrogen and oxygen atoms in total. The number of carbonyl (C=O) groups is 2. The van der Waals surface area contributed by atoms with Crippen LogP contribution in [-0.4, -0.2) is 26.9 Å². The van der Waals surface area contributed by atoms with Crippen molar-refractivity contribution in [3.05, 3.63) is 94.0 Å². The van der Waals surface area contributed by atoms with Crippen LogP contribution in [0.1, 0.15) is 22.7 Å². The summed E-state index contributed by atoms with van der Waals surface area (Å²) in [6.45, 7) is 1.52. The lowest BCUT2D eigenvalue weighted by molar-refractivity contribution is -0.132. The number of aromatic nitrogens is 1. The number of aryl methyl sites for hydroxylation is 1. The van der Waals surface area contributed by atoms with Gasteiger partial charge in [-0.15, -0.1) is 0 Å². The van der Waals surface area contributed by atoms with Crippen LogP contribution in [0.4, 0.5) is 10.1 Å². The van der Waals surface area contributed by atoms with Gasteiger partial charge >= 0.3 is 0 Å². The Hall–Kier alpha value is -3.71. The van der Waals surface area contributed by atoms with E-state index < -0.39 is 29.3 Å². The van der Waals surface area contributed by atoms with Crippen LogP contribution in [0.15, 0.2) is 66.5 Å². The van der Waals surface area contributed by atoms with Gasteiger partial charge in [0.2, 0.25) is 0 Å². The van der Waals surface area contributed by atoms with Gasteiger partial charge in [-0.05, 0) is 60.5 Å². The van der Waals surface area contributed by atoms with Crippen LogP contribution >= 0.6 is 11.6 Å². The van der Waals surface area contributed by atoms with Gasteiger partial charge in [0.1, 0.15) is 17.3 Å². The van der Waals surface area contributed by atoms with Crippen molar-refractivity contribution in [2.24, 2.45) is 0 Å². The van der Waals surface area contributed by atoms with Gasteiger partial charge in [-0.3, -0.25) is 19.5 Å². The summed E-state index contributed by atoms with van der Waals surface area (Å²) in [5.41, 5.74) is 0.687. The molecule has 3 aromatic rings. The number of hydrogen-bond acceptors (Lipinski definition) is 5. The van der Waals surface area contributed by atoms with Crippen LogP contribution in [0.5, 0.6) is 5.75 Å². The third kappa shape index (κ3) is 3.53. The second-order valence-electron chi connectivity index (χ2n) is 7.05. The van der Waals surface area contributed by atoms with E-state index in [2.05, 4.69) is 4.98 Å². The third-order valence-corrected chi connectivity index (χ3v) is 5.31. The first-order valence-corrected chi connectivity index (χ1v) is 9.63. The molecule has 1 aromatic heterocycles. The average molecular weight is 439 g/mol. The Morgan fingerprint density at radius 1 is 1.16 bits per heavy atom. The van der Waals surface area contributed by atoms with Crippen LogP contribution in [0.2, 0.25) is 5.02 Å². The zero-order valence-corrected chi connectivity index (χ0v) is 17.0. The summed E-state index contributed by atoms with van der Waals surface area (Å²) in [5.74, 6) is -3.10. The van der Waals surface area contributed by atoms with E-state index >= 15 is 0 Å². The van der Waals surface area contributed by atoms with E-state index in [0.29, 0.717) is 5.56 Å². The number of aliphatic hydroxyl groups excluding tert-OH is 1. The standard InChI is InChI=1S/C23H16ClFN2O4/c1-12-9-13(4-6-16(12)25)21(29)19-20(14-3-2-8-26-11-14)27(23(31)22(19)30)17-10-15(24)5-7-18(17)28/h2-11,20,28-29H,1H3/b21-19+. The maximum Gasteiger partial charge on any atom is 0.300 e. The van der Waals surface area contributed by atoms with Crippen molar-refractivity contribution in [3.8, 4) is 5.75 Å². The van der Waals surface area contributed by atoms with Gasteiger partial charge in [-0.25, -0.2) is 4.39 Å². The molecule has 8 heteroatoms. The summed E-state index contributed by atoms with van der Waals surface area (Å²) < 4.78 is 13.7. The summed E-state index contributed by atoms with van der Waals surface area (Å²) in [7, 11) is 0. The molecule has 4 rings (SSSR count). The zero-order valence-electron chi connectivity index (χ0n) is 16.2. The summed E-state index contributed by atoms with van der Waals surface area (Å²) in [4.78, 5) is 31.2. The molecule has 2 N–H and O–H groups in total. The normalized spacial score (nSPS) is 17.9. The molecule has 31 heavy (non-hydrogen) atoms. The number of ketones is 1. The summed E-state index contributed by atoms with van der Waals surface area (Å²) in [5, 5.41) is 21.6. The number of amides is 1. The summed E-state index contributed by atoms with van der Waals surface area (Å²) in [6, 6.07) is 10.2. The minimum atomic E-state index is -1.08. The van der Waals surface area contributed by atoms with Gasteiger partial charge in [-0.1, -0.05) is 17.7 Å². The monoisotopic (exact) mass is 438 g/mol. The molecule has 0 bridgehead atoms. The molecule has 1 aliphatic rings. The molecule has 1 atom stereocenters. The van der Waals surface area contributed by atoms with Gasteiger partial charge in [0.25, 0.3) is 11.7 Å². The molecule has 0 saturated carbocycles. The average Bonchev–Trinajstić information content (AvgIpc) is 3.02. The lowest BCUT2D eigenvalue weighted by atomic mass is 9.95. The fourth-order valence-corrected chi connectivity index (χ4v) is 3.74. The second-order valence-corrected chi connectivity index (χ2v) is 7.49. The number of phenolic OH excluding ortho intramolecular Hbond substituents is 1. The quantitative estimate of drug-likeness (QED) is 0.356. The van der Waals surface area contributed by atoms with Crippen molar-refractivity contribution < 1.29 is 24.2 Å². The number of halogens is 2. The Kier molecular flexibility index (Phi) is 5.20. The Balaban J connectivity index is 1.98. The smallest absolute Gasteiger partial charge is 0.300 e. The van der Waals surface area contributed by atoms with E-state index in [1.807, 2.05) is 0 Å². The van der Waals surface area contributed by atoms with Crippen molar-refractivity contribution in [3.63, 3.8) is 0 Å². The van der Waals surface area contributed by atoms with Crippen LogP contribution in [-0.2, 0) is 9.59 Å². The number of pyridine rings is 1. The van der Waals surface area contributed by atoms with Crippen LogP contribution < -0.4 is 4.90 Å². The van der Waals surface area contributed by atoms with Crippen molar-refractivity contribution >= 4 is 34.7 Å². The lowest BCUT2D eigenvalue weighted by Gasteiger charge is -2.25. The number of aliphatic hydroxyl groups is 1. The minimum Gasteiger partial charge on any atom is -0.507 e. The number of rotatable bonds is 3. The Morgan fingerprint density at radius 3 is 2.61 bits per heavy atom. The molecule has 0 spiro atoms. The van der Waals surface area contributed by atoms with Crippen molar-refractivity contribution in [2.45, 2.75) is 13.0 Å². The zero-order chi connectivity index (χ0) is 22.3. The van der Waals surface area contributed by atoms with Crippen LogP contribution in [0, 0.1) is 12.7 Å². The van der Waals surface area contributed by atoms with Gasteiger partial charge in [0.15, 0.2) is 0 Å². The molecule has 2 heterocycles. The van der Waals surface area contributed by atoms with E-state index in [1.54, 1.807) is 12.1 Å². The predicted molar refractivity (Wildman–Crippen MR) is 113 cm³/mol. The van der Waals surface area contributed by atoms with E-state index in [4.69, 9.17) is 11.6 Å². The van der Waals surface area contributed by atoms with E-state index in [1.165, 1.54) is 55.7 Å². The number of Topliss-reactive ketones (excluding diaryl/α,β-unsaturated/α-hetero) is 1. The molecule has 1 amide bonds. The van der Waals surface area contributed by atoms with Crippen LogP contribution in [0.25, 0.3) is 5.76 Å². The van der Waals surface area contributed by atoms with E-state index in [0.717, 1.165) is 4.90 Å². The molecule has 2 aromatic carbocycles. The molecule has 1 fully saturated rings. The van der Waals surface area contributed by atoms with E-state index in [-0.39, 0.29) is 33.2 Å². The highest BCUT2D eigenvalue weighted by Crippen LogP contribution is 2.45. The van der Waals surface area contributed by atoms with Gasteiger partial charge in [0.05, 0.1) is 17.3 Å². The number of phenols is 1. The Morgan fingerprint density at radius 2 is 1.94 bits per heavy atom. The minimum absolute atomic E-state index is 0.0118. The summed E-state index contributed by atoms with van der Waals surface area (Å²) in [6.07, 6.45) is 2.98. The van der Waals surface area contributed by atoms with Gasteiger partial charge in [-0.2, -0.15) is 0 Å². The van der Waals surface area contributed by atoms with Crippen molar-refractivity contribution in [1.29, 1.82) is 0 Å². The SMILES string of the molecule is Cc1cc(/C(O)=C2\C(=O)C(=O)N(c3cc(Cl)ccc3O)C2c2cccnc2)ccc1F. The largest absolute Gasteiger partial charge is 0.507 e. The maximum atomic E-state index is 13.7. The first-order valence-electron chi connectivity index (χ1n) is 9.25. The number of hydrogen-bond donors (Lipinski definition) is 2. The number of aromatic hydroxyl groups is 1. The Bertz CT molecular complexity index is 1240. The fraction of sp³-hybridized carbons (Fsp3) is 0.0870. The molecule has 156 valence electrons. The fourth-order valence-electron chi connectivity index (χ4n) is 3.57. The highest BCUT2D eigenvalue weighted by Gasteiger charge is 2.47. The first-order chi connectivity index (χ1) is 14.8. The van der Waals surface area contributed by atoms with Gasteiger partial charge < -0.3 is 10.2 Å². The third-order valence-electron chi connectivity index (χ3n) is 5.07. The first kappa shape index (κ1) is 20.6.